The van der Waals surface area contributed by atoms with Gasteiger partial charge < -0.3 is 4.42 Å². The van der Waals surface area contributed by atoms with Crippen LogP contribution in [0.25, 0.3) is 0 Å². The van der Waals surface area contributed by atoms with Gasteiger partial charge in [0.25, 0.3) is 0 Å². The summed E-state index contributed by atoms with van der Waals surface area (Å²) in [5.41, 5.74) is -0.388. The topological polar surface area (TPSA) is 30.2 Å². The normalized spacial score (nSPS) is 8.33. The van der Waals surface area contributed by atoms with E-state index in [2.05, 4.69) is 30.6 Å². The smallest absolute Gasteiger partial charge is 0.336 e. The van der Waals surface area contributed by atoms with Crippen molar-refractivity contribution in [3.8, 4) is 23.7 Å². The summed E-state index contributed by atoms with van der Waals surface area (Å²) in [6, 6.07) is 4.60. The molecule has 1 heterocycles. The predicted octanol–water partition coefficient (Wildman–Crippen LogP) is 2.18. The Balaban J connectivity index is 2.57. The Hall–Kier alpha value is -1.93. The fourth-order valence-electron chi connectivity index (χ4n) is 0.922. The van der Waals surface area contributed by atoms with E-state index in [0.29, 0.717) is 5.76 Å². The van der Waals surface area contributed by atoms with Crippen molar-refractivity contribution in [1.29, 1.82) is 0 Å². The first-order chi connectivity index (χ1) is 7.33. The van der Waals surface area contributed by atoms with E-state index in [1.54, 1.807) is 12.1 Å². The standard InChI is InChI=1S/C13H12O2/c1-2-3-4-5-6-7-9-12-10-8-11-13(14)15-12/h8,10-11H,2-4H2,1H3. The molecule has 0 aliphatic carbocycles. The van der Waals surface area contributed by atoms with E-state index in [4.69, 9.17) is 4.42 Å². The molecule has 1 aromatic heterocycles. The summed E-state index contributed by atoms with van der Waals surface area (Å²) >= 11 is 0. The second kappa shape index (κ2) is 6.51. The minimum atomic E-state index is -0.388. The minimum absolute atomic E-state index is 0.354. The quantitative estimate of drug-likeness (QED) is 0.541. The van der Waals surface area contributed by atoms with Crippen LogP contribution in [0.4, 0.5) is 0 Å². The van der Waals surface area contributed by atoms with Crippen molar-refractivity contribution in [3.63, 3.8) is 0 Å². The zero-order valence-electron chi connectivity index (χ0n) is 8.67. The second-order valence-corrected chi connectivity index (χ2v) is 2.97. The van der Waals surface area contributed by atoms with Crippen molar-refractivity contribution in [3.05, 3.63) is 34.4 Å². The summed E-state index contributed by atoms with van der Waals surface area (Å²) < 4.78 is 4.81. The van der Waals surface area contributed by atoms with Gasteiger partial charge in [0.15, 0.2) is 5.76 Å². The molecule has 0 aromatic carbocycles. The van der Waals surface area contributed by atoms with Crippen LogP contribution in [0.5, 0.6) is 0 Å². The van der Waals surface area contributed by atoms with Crippen molar-refractivity contribution in [2.24, 2.45) is 0 Å². The van der Waals surface area contributed by atoms with Crippen LogP contribution >= 0.6 is 0 Å². The van der Waals surface area contributed by atoms with Gasteiger partial charge in [0.1, 0.15) is 0 Å². The summed E-state index contributed by atoms with van der Waals surface area (Å²) in [5.74, 6) is 11.3. The molecule has 0 aliphatic heterocycles. The lowest BCUT2D eigenvalue weighted by molar-refractivity contribution is 0.499. The van der Waals surface area contributed by atoms with Crippen LogP contribution in [0.15, 0.2) is 27.4 Å². The number of rotatable bonds is 2. The Morgan fingerprint density at radius 3 is 2.93 bits per heavy atom. The van der Waals surface area contributed by atoms with Gasteiger partial charge in [-0.15, -0.1) is 0 Å². The summed E-state index contributed by atoms with van der Waals surface area (Å²) in [5, 5.41) is 0. The maximum absolute atomic E-state index is 10.8. The maximum atomic E-state index is 10.8. The molecule has 0 bridgehead atoms. The first-order valence-corrected chi connectivity index (χ1v) is 4.92. The van der Waals surface area contributed by atoms with Crippen LogP contribution in [0.3, 0.4) is 0 Å². The molecule has 0 aliphatic rings. The molecular weight excluding hydrogens is 188 g/mol. The highest BCUT2D eigenvalue weighted by molar-refractivity contribution is 5.34. The van der Waals surface area contributed by atoms with Crippen molar-refractivity contribution in [2.45, 2.75) is 26.2 Å². The zero-order valence-corrected chi connectivity index (χ0v) is 8.67. The highest BCUT2D eigenvalue weighted by atomic mass is 16.4. The Labute approximate surface area is 89.3 Å². The summed E-state index contributed by atoms with van der Waals surface area (Å²) in [7, 11) is 0. The van der Waals surface area contributed by atoms with E-state index >= 15 is 0 Å². The molecule has 2 nitrogen and oxygen atoms in total. The molecule has 0 atom stereocenters. The number of hydrogen-bond acceptors (Lipinski definition) is 2. The molecule has 1 rings (SSSR count). The van der Waals surface area contributed by atoms with Crippen LogP contribution in [0.2, 0.25) is 0 Å². The minimum Gasteiger partial charge on any atom is -0.414 e. The first kappa shape index (κ1) is 11.1. The molecular formula is C13H12O2. The molecule has 76 valence electrons. The first-order valence-electron chi connectivity index (χ1n) is 4.92. The Morgan fingerprint density at radius 2 is 2.20 bits per heavy atom. The summed E-state index contributed by atoms with van der Waals surface area (Å²) in [6.07, 6.45) is 3.09. The average molecular weight is 200 g/mol. The van der Waals surface area contributed by atoms with Crippen molar-refractivity contribution in [1.82, 2.24) is 0 Å². The molecule has 0 N–H and O–H groups in total. The fourth-order valence-corrected chi connectivity index (χ4v) is 0.922. The van der Waals surface area contributed by atoms with Gasteiger partial charge in [-0.1, -0.05) is 25.3 Å². The number of unbranched alkanes of at least 4 members (excludes halogenated alkanes) is 2. The molecule has 0 radical (unpaired) electrons. The van der Waals surface area contributed by atoms with Gasteiger partial charge in [0.05, 0.1) is 0 Å². The summed E-state index contributed by atoms with van der Waals surface area (Å²) in [4.78, 5) is 10.8. The largest absolute Gasteiger partial charge is 0.414 e. The SMILES string of the molecule is CCCCC#CC#Cc1cccc(=O)o1. The zero-order chi connectivity index (χ0) is 10.9. The van der Waals surface area contributed by atoms with Gasteiger partial charge in [0, 0.05) is 12.5 Å². The van der Waals surface area contributed by atoms with Crippen LogP contribution < -0.4 is 5.63 Å². The van der Waals surface area contributed by atoms with Gasteiger partial charge in [-0.2, -0.15) is 0 Å². The highest BCUT2D eigenvalue weighted by Crippen LogP contribution is 1.91. The van der Waals surface area contributed by atoms with Crippen molar-refractivity contribution < 1.29 is 4.42 Å². The molecule has 0 saturated heterocycles. The third kappa shape index (κ3) is 4.74. The molecule has 15 heavy (non-hydrogen) atoms. The lowest BCUT2D eigenvalue weighted by Crippen LogP contribution is -1.94. The van der Waals surface area contributed by atoms with Crippen molar-refractivity contribution >= 4 is 0 Å². The van der Waals surface area contributed by atoms with Crippen LogP contribution in [-0.4, -0.2) is 0 Å². The number of hydrogen-bond donors (Lipinski definition) is 0. The Bertz CT molecular complexity index is 475. The van der Waals surface area contributed by atoms with Gasteiger partial charge in [-0.25, -0.2) is 4.79 Å². The van der Waals surface area contributed by atoms with E-state index in [1.165, 1.54) is 6.07 Å². The van der Waals surface area contributed by atoms with E-state index in [0.717, 1.165) is 19.3 Å². The molecule has 0 unspecified atom stereocenters. The molecule has 0 saturated carbocycles. The third-order valence-electron chi connectivity index (χ3n) is 1.68. The molecule has 0 amide bonds. The lowest BCUT2D eigenvalue weighted by Gasteiger charge is -1.84. The molecule has 0 spiro atoms. The highest BCUT2D eigenvalue weighted by Gasteiger charge is 1.87. The lowest BCUT2D eigenvalue weighted by atomic mass is 10.2. The van der Waals surface area contributed by atoms with E-state index in [9.17, 15) is 4.79 Å². The molecule has 2 heteroatoms. The Kier molecular flexibility index (Phi) is 4.84. The second-order valence-electron chi connectivity index (χ2n) is 2.97. The monoisotopic (exact) mass is 200 g/mol. The molecule has 1 aromatic rings. The predicted molar refractivity (Wildman–Crippen MR) is 59.2 cm³/mol. The summed E-state index contributed by atoms with van der Waals surface area (Å²) in [6.45, 7) is 2.12. The fraction of sp³-hybridized carbons (Fsp3) is 0.308. The van der Waals surface area contributed by atoms with E-state index < -0.39 is 0 Å². The maximum Gasteiger partial charge on any atom is 0.336 e. The average Bonchev–Trinajstić information content (AvgIpc) is 2.23. The van der Waals surface area contributed by atoms with Crippen molar-refractivity contribution in [2.75, 3.05) is 0 Å². The van der Waals surface area contributed by atoms with Crippen LogP contribution in [-0.2, 0) is 0 Å². The van der Waals surface area contributed by atoms with Crippen LogP contribution in [0.1, 0.15) is 31.9 Å². The van der Waals surface area contributed by atoms with E-state index in [-0.39, 0.29) is 5.63 Å². The van der Waals surface area contributed by atoms with Gasteiger partial charge in [-0.3, -0.25) is 0 Å². The third-order valence-corrected chi connectivity index (χ3v) is 1.68. The molecule has 0 fully saturated rings. The van der Waals surface area contributed by atoms with Gasteiger partial charge >= 0.3 is 5.63 Å². The van der Waals surface area contributed by atoms with E-state index in [1.807, 2.05) is 0 Å². The van der Waals surface area contributed by atoms with Crippen LogP contribution in [0, 0.1) is 23.7 Å². The Morgan fingerprint density at radius 1 is 1.33 bits per heavy atom. The van der Waals surface area contributed by atoms with Gasteiger partial charge in [0.2, 0.25) is 0 Å². The van der Waals surface area contributed by atoms with Gasteiger partial charge in [-0.05, 0) is 30.2 Å².